The number of nitrogens with one attached hydrogen (secondary N) is 1. The highest BCUT2D eigenvalue weighted by molar-refractivity contribution is 5.85. The third-order valence-corrected chi connectivity index (χ3v) is 5.34. The molecule has 1 unspecified atom stereocenters. The van der Waals surface area contributed by atoms with Gasteiger partial charge in [0.05, 0.1) is 6.04 Å². The lowest BCUT2D eigenvalue weighted by Gasteiger charge is -2.43. The van der Waals surface area contributed by atoms with Gasteiger partial charge in [-0.3, -0.25) is 4.90 Å². The first-order valence-corrected chi connectivity index (χ1v) is 8.43. The molecule has 2 aromatic rings. The molecule has 0 aliphatic carbocycles. The Balaban J connectivity index is 1.77. The van der Waals surface area contributed by atoms with Gasteiger partial charge in [0.1, 0.15) is 0 Å². The first-order valence-electron chi connectivity index (χ1n) is 8.43. The van der Waals surface area contributed by atoms with Gasteiger partial charge < -0.3 is 10.7 Å². The summed E-state index contributed by atoms with van der Waals surface area (Å²) < 4.78 is 0. The molecule has 2 aliphatic heterocycles. The van der Waals surface area contributed by atoms with Gasteiger partial charge >= 0.3 is 0 Å². The Labute approximate surface area is 126 Å². The van der Waals surface area contributed by atoms with Crippen molar-refractivity contribution in [2.24, 2.45) is 5.73 Å². The topological polar surface area (TPSA) is 45.1 Å². The number of nitrogens with zero attached hydrogens (tertiary/aromatic N) is 1. The first-order chi connectivity index (χ1) is 10.4. The zero-order valence-corrected chi connectivity index (χ0v) is 12.6. The van der Waals surface area contributed by atoms with Crippen LogP contribution >= 0.6 is 0 Å². The van der Waals surface area contributed by atoms with Crippen molar-refractivity contribution in [1.29, 1.82) is 0 Å². The molecule has 1 aromatic carbocycles. The monoisotopic (exact) mass is 283 g/mol. The van der Waals surface area contributed by atoms with E-state index in [1.54, 1.807) is 5.56 Å². The summed E-state index contributed by atoms with van der Waals surface area (Å²) >= 11 is 0. The van der Waals surface area contributed by atoms with Crippen LogP contribution in [0, 0.1) is 0 Å². The number of benzene rings is 1. The number of unbranched alkanes of at least 4 members (excludes halogenated alkanes) is 1. The first kappa shape index (κ1) is 13.4. The minimum Gasteiger partial charge on any atom is -0.357 e. The van der Waals surface area contributed by atoms with Crippen LogP contribution in [0.15, 0.2) is 24.3 Å². The number of fused-ring (bicyclic) bond motifs is 6. The minimum atomic E-state index is 0.579. The van der Waals surface area contributed by atoms with Gasteiger partial charge in [-0.25, -0.2) is 0 Å². The molecule has 112 valence electrons. The van der Waals surface area contributed by atoms with Crippen molar-refractivity contribution in [2.75, 3.05) is 19.6 Å². The van der Waals surface area contributed by atoms with Crippen LogP contribution in [-0.2, 0) is 0 Å². The Kier molecular flexibility index (Phi) is 3.48. The van der Waals surface area contributed by atoms with Gasteiger partial charge in [-0.15, -0.1) is 0 Å². The second-order valence-electron chi connectivity index (χ2n) is 6.63. The number of H-pyrrole nitrogens is 1. The van der Waals surface area contributed by atoms with Crippen molar-refractivity contribution >= 4 is 10.9 Å². The van der Waals surface area contributed by atoms with E-state index in [9.17, 15) is 0 Å². The Morgan fingerprint density at radius 3 is 3.05 bits per heavy atom. The van der Waals surface area contributed by atoms with E-state index in [4.69, 9.17) is 5.73 Å². The summed E-state index contributed by atoms with van der Waals surface area (Å²) in [6.45, 7) is 3.33. The fourth-order valence-corrected chi connectivity index (χ4v) is 4.40. The summed E-state index contributed by atoms with van der Waals surface area (Å²) in [5.41, 5.74) is 10.1. The zero-order valence-electron chi connectivity index (χ0n) is 12.6. The van der Waals surface area contributed by atoms with E-state index in [-0.39, 0.29) is 0 Å². The van der Waals surface area contributed by atoms with E-state index in [0.717, 1.165) is 18.9 Å². The van der Waals surface area contributed by atoms with E-state index in [2.05, 4.69) is 34.1 Å². The summed E-state index contributed by atoms with van der Waals surface area (Å²) in [6, 6.07) is 9.42. The van der Waals surface area contributed by atoms with Crippen LogP contribution in [0.2, 0.25) is 0 Å². The van der Waals surface area contributed by atoms with E-state index in [1.807, 2.05) is 0 Å². The minimum absolute atomic E-state index is 0.579. The van der Waals surface area contributed by atoms with E-state index in [0.29, 0.717) is 6.04 Å². The van der Waals surface area contributed by atoms with Gasteiger partial charge in [0.25, 0.3) is 0 Å². The summed E-state index contributed by atoms with van der Waals surface area (Å²) in [6.07, 6.45) is 6.31. The van der Waals surface area contributed by atoms with Crippen LogP contribution in [0.4, 0.5) is 0 Å². The molecule has 0 saturated carbocycles. The maximum Gasteiger partial charge on any atom is 0.0501 e. The summed E-state index contributed by atoms with van der Waals surface area (Å²) in [4.78, 5) is 6.46. The summed E-state index contributed by atoms with van der Waals surface area (Å²) in [5.74, 6) is 0.732. The quantitative estimate of drug-likeness (QED) is 0.843. The molecule has 1 fully saturated rings. The standard InChI is InChI=1S/C18H25N3/c19-10-4-3-9-16-18-17(13-6-5-11-21(16)12-13)14-7-1-2-8-15(14)20-18/h1-2,7-8,13,16,20H,3-6,9-12,19H2/t13-,16+/m0/s1. The molecule has 3 nitrogen and oxygen atoms in total. The van der Waals surface area contributed by atoms with E-state index >= 15 is 0 Å². The fraction of sp³-hybridized carbons (Fsp3) is 0.556. The van der Waals surface area contributed by atoms with Crippen LogP contribution in [0.1, 0.15) is 55.3 Å². The molecule has 3 heterocycles. The lowest BCUT2D eigenvalue weighted by Crippen LogP contribution is -2.41. The normalized spacial score (nSPS) is 27.8. The SMILES string of the molecule is NCCCC[C@@H]1c2[nH]c3ccccc3c2[C@H]2CCCN1C2. The molecule has 3 atom stereocenters. The van der Waals surface area contributed by atoms with Crippen LogP contribution in [0.5, 0.6) is 0 Å². The van der Waals surface area contributed by atoms with E-state index in [1.165, 1.54) is 55.4 Å². The van der Waals surface area contributed by atoms with Gasteiger partial charge in [0.2, 0.25) is 0 Å². The maximum absolute atomic E-state index is 5.68. The van der Waals surface area contributed by atoms with Gasteiger partial charge in [-0.1, -0.05) is 24.6 Å². The largest absolute Gasteiger partial charge is 0.357 e. The molecule has 2 aliphatic rings. The van der Waals surface area contributed by atoms with Crippen molar-refractivity contribution in [3.05, 3.63) is 35.5 Å². The Bertz CT molecular complexity index is 630. The maximum atomic E-state index is 5.68. The molecule has 4 rings (SSSR count). The predicted molar refractivity (Wildman–Crippen MR) is 87.5 cm³/mol. The molecular weight excluding hydrogens is 258 g/mol. The van der Waals surface area contributed by atoms with Gasteiger partial charge in [0, 0.05) is 23.1 Å². The average molecular weight is 283 g/mol. The Morgan fingerprint density at radius 1 is 1.24 bits per heavy atom. The highest BCUT2D eigenvalue weighted by Crippen LogP contribution is 2.45. The lowest BCUT2D eigenvalue weighted by molar-refractivity contribution is 0.119. The Morgan fingerprint density at radius 2 is 2.14 bits per heavy atom. The molecule has 1 aromatic heterocycles. The van der Waals surface area contributed by atoms with Gasteiger partial charge in [-0.05, 0) is 56.3 Å². The second-order valence-corrected chi connectivity index (χ2v) is 6.63. The zero-order chi connectivity index (χ0) is 14.2. The van der Waals surface area contributed by atoms with Gasteiger partial charge in [-0.2, -0.15) is 0 Å². The fourth-order valence-electron chi connectivity index (χ4n) is 4.40. The molecule has 1 saturated heterocycles. The van der Waals surface area contributed by atoms with Crippen LogP contribution in [0.25, 0.3) is 10.9 Å². The predicted octanol–water partition coefficient (Wildman–Crippen LogP) is 3.53. The van der Waals surface area contributed by atoms with Crippen LogP contribution < -0.4 is 5.73 Å². The van der Waals surface area contributed by atoms with Crippen molar-refractivity contribution < 1.29 is 0 Å². The Hall–Kier alpha value is -1.32. The highest BCUT2D eigenvalue weighted by Gasteiger charge is 2.37. The lowest BCUT2D eigenvalue weighted by atomic mass is 9.81. The van der Waals surface area contributed by atoms with Crippen LogP contribution in [-0.4, -0.2) is 29.5 Å². The number of nitrogens with two attached hydrogens (primary N) is 1. The molecule has 3 N–H and O–H groups in total. The van der Waals surface area contributed by atoms with Gasteiger partial charge in [0.15, 0.2) is 0 Å². The highest BCUT2D eigenvalue weighted by atomic mass is 15.2. The van der Waals surface area contributed by atoms with Crippen molar-refractivity contribution in [2.45, 2.75) is 44.1 Å². The molecule has 0 spiro atoms. The molecular formula is C18H25N3. The average Bonchev–Trinajstić information content (AvgIpc) is 2.90. The molecule has 2 bridgehead atoms. The second kappa shape index (κ2) is 5.47. The molecule has 0 amide bonds. The molecule has 0 radical (unpaired) electrons. The van der Waals surface area contributed by atoms with Crippen LogP contribution in [0.3, 0.4) is 0 Å². The molecule has 3 heteroatoms. The third-order valence-electron chi connectivity index (χ3n) is 5.34. The summed E-state index contributed by atoms with van der Waals surface area (Å²) in [5, 5.41) is 1.46. The number of hydrogen-bond donors (Lipinski definition) is 2. The molecule has 21 heavy (non-hydrogen) atoms. The number of aromatic amines is 1. The van der Waals surface area contributed by atoms with Crippen molar-refractivity contribution in [1.82, 2.24) is 9.88 Å². The number of hydrogen-bond acceptors (Lipinski definition) is 2. The smallest absolute Gasteiger partial charge is 0.0501 e. The number of para-hydroxylation sites is 1. The number of aromatic nitrogens is 1. The number of rotatable bonds is 4. The van der Waals surface area contributed by atoms with Crippen molar-refractivity contribution in [3.8, 4) is 0 Å². The van der Waals surface area contributed by atoms with E-state index < -0.39 is 0 Å². The third kappa shape index (κ3) is 2.19. The van der Waals surface area contributed by atoms with Crippen molar-refractivity contribution in [3.63, 3.8) is 0 Å². The number of piperidine rings is 1. The summed E-state index contributed by atoms with van der Waals surface area (Å²) in [7, 11) is 0.